The molecule has 0 atom stereocenters. The van der Waals surface area contributed by atoms with Gasteiger partial charge in [-0.3, -0.25) is 9.59 Å². The van der Waals surface area contributed by atoms with Crippen LogP contribution in [-0.4, -0.2) is 11.8 Å². The number of imide groups is 1. The van der Waals surface area contributed by atoms with Crippen molar-refractivity contribution in [2.45, 2.75) is 26.7 Å². The molecule has 0 saturated heterocycles. The number of rotatable bonds is 4. The molecule has 1 heterocycles. The van der Waals surface area contributed by atoms with E-state index in [9.17, 15) is 9.59 Å². The van der Waals surface area contributed by atoms with Gasteiger partial charge < -0.3 is 5.32 Å². The molecule has 0 aliphatic carbocycles. The minimum absolute atomic E-state index is 0.0961. The predicted octanol–water partition coefficient (Wildman–Crippen LogP) is 4.55. The Labute approximate surface area is 152 Å². The maximum absolute atomic E-state index is 12.8. The molecule has 1 N–H and O–H groups in total. The van der Waals surface area contributed by atoms with Crippen LogP contribution in [0.2, 0.25) is 0 Å². The average molecular weight is 355 g/mol. The third-order valence-corrected chi connectivity index (χ3v) is 4.60. The number of amides is 2. The van der Waals surface area contributed by atoms with Crippen molar-refractivity contribution < 1.29 is 9.59 Å². The van der Waals surface area contributed by atoms with Crippen LogP contribution in [0.3, 0.4) is 0 Å². The molecule has 0 unspecified atom stereocenters. The van der Waals surface area contributed by atoms with Gasteiger partial charge in [-0.05, 0) is 42.2 Å². The van der Waals surface area contributed by atoms with E-state index in [2.05, 4.69) is 19.2 Å². The van der Waals surface area contributed by atoms with Gasteiger partial charge >= 0.3 is 0 Å². The van der Waals surface area contributed by atoms with E-state index in [1.807, 2.05) is 43.3 Å². The molecule has 5 heteroatoms. The summed E-state index contributed by atoms with van der Waals surface area (Å²) in [6.45, 7) is 6.09. The third-order valence-electron chi connectivity index (χ3n) is 4.25. The molecule has 2 amide bonds. The van der Waals surface area contributed by atoms with Crippen molar-refractivity contribution in [3.63, 3.8) is 0 Å². The van der Waals surface area contributed by atoms with Crippen LogP contribution in [0, 0.1) is 6.92 Å². The quantitative estimate of drug-likeness (QED) is 0.819. The lowest BCUT2D eigenvalue weighted by molar-refractivity contribution is -0.120. The Morgan fingerprint density at radius 1 is 0.960 bits per heavy atom. The zero-order valence-electron chi connectivity index (χ0n) is 14.3. The highest BCUT2D eigenvalue weighted by atomic mass is 35.5. The van der Waals surface area contributed by atoms with Gasteiger partial charge in [0.05, 0.1) is 5.69 Å². The summed E-state index contributed by atoms with van der Waals surface area (Å²) in [4.78, 5) is 26.4. The lowest BCUT2D eigenvalue weighted by Gasteiger charge is -2.16. The van der Waals surface area contributed by atoms with E-state index < -0.39 is 11.8 Å². The molecule has 0 radical (unpaired) electrons. The van der Waals surface area contributed by atoms with Gasteiger partial charge in [0.1, 0.15) is 10.7 Å². The third kappa shape index (κ3) is 3.17. The van der Waals surface area contributed by atoms with E-state index in [0.29, 0.717) is 11.6 Å². The van der Waals surface area contributed by atoms with E-state index >= 15 is 0 Å². The molecule has 0 saturated carbocycles. The zero-order valence-corrected chi connectivity index (χ0v) is 15.1. The first kappa shape index (κ1) is 17.2. The SMILES string of the molecule is Cc1ccccc1NC1=C(Cl)C(=O)N(c2ccc(C(C)C)cc2)C1=O. The Morgan fingerprint density at radius 3 is 2.20 bits per heavy atom. The molecule has 0 bridgehead atoms. The summed E-state index contributed by atoms with van der Waals surface area (Å²) in [6, 6.07) is 14.9. The summed E-state index contributed by atoms with van der Waals surface area (Å²) < 4.78 is 0. The number of aryl methyl sites for hydroxylation is 1. The first-order valence-corrected chi connectivity index (χ1v) is 8.49. The minimum Gasteiger partial charge on any atom is -0.349 e. The second-order valence-electron chi connectivity index (χ2n) is 6.32. The molecular weight excluding hydrogens is 336 g/mol. The summed E-state index contributed by atoms with van der Waals surface area (Å²) in [5.41, 5.74) is 3.46. The fraction of sp³-hybridized carbons (Fsp3) is 0.200. The molecule has 3 rings (SSSR count). The van der Waals surface area contributed by atoms with E-state index in [1.165, 1.54) is 0 Å². The topological polar surface area (TPSA) is 49.4 Å². The van der Waals surface area contributed by atoms with Gasteiger partial charge in [-0.2, -0.15) is 0 Å². The molecular formula is C20H19ClN2O2. The lowest BCUT2D eigenvalue weighted by Crippen LogP contribution is -2.32. The molecule has 0 fully saturated rings. The number of nitrogens with zero attached hydrogens (tertiary/aromatic N) is 1. The lowest BCUT2D eigenvalue weighted by atomic mass is 10.0. The molecule has 0 spiro atoms. The summed E-state index contributed by atoms with van der Waals surface area (Å²) in [5, 5.41) is 2.91. The van der Waals surface area contributed by atoms with E-state index in [0.717, 1.165) is 21.7 Å². The van der Waals surface area contributed by atoms with Crippen molar-refractivity contribution in [3.8, 4) is 0 Å². The molecule has 4 nitrogen and oxygen atoms in total. The highest BCUT2D eigenvalue weighted by Gasteiger charge is 2.39. The van der Waals surface area contributed by atoms with E-state index in [-0.39, 0.29) is 10.7 Å². The standard InChI is InChI=1S/C20H19ClN2O2/c1-12(2)14-8-10-15(11-9-14)23-19(24)17(21)18(20(23)25)22-16-7-5-4-6-13(16)3/h4-12,22H,1-3H3. The number of nitrogens with one attached hydrogen (secondary N) is 1. The van der Waals surface area contributed by atoms with Crippen molar-refractivity contribution in [1.29, 1.82) is 0 Å². The van der Waals surface area contributed by atoms with Gasteiger partial charge in [-0.1, -0.05) is 55.8 Å². The number of benzene rings is 2. The fourth-order valence-electron chi connectivity index (χ4n) is 2.70. The first-order valence-electron chi connectivity index (χ1n) is 8.11. The highest BCUT2D eigenvalue weighted by Crippen LogP contribution is 2.31. The monoisotopic (exact) mass is 354 g/mol. The minimum atomic E-state index is -0.514. The van der Waals surface area contributed by atoms with Gasteiger partial charge in [0.25, 0.3) is 11.8 Å². The van der Waals surface area contributed by atoms with E-state index in [1.54, 1.807) is 12.1 Å². The maximum Gasteiger partial charge on any atom is 0.283 e. The number of hydrogen-bond acceptors (Lipinski definition) is 3. The summed E-state index contributed by atoms with van der Waals surface area (Å²) in [5.74, 6) is -0.588. The van der Waals surface area contributed by atoms with Crippen molar-refractivity contribution in [1.82, 2.24) is 0 Å². The number of para-hydroxylation sites is 1. The molecule has 1 aliphatic heterocycles. The maximum atomic E-state index is 12.8. The second-order valence-corrected chi connectivity index (χ2v) is 6.70. The summed E-state index contributed by atoms with van der Waals surface area (Å²) in [6.07, 6.45) is 0. The summed E-state index contributed by atoms with van der Waals surface area (Å²) >= 11 is 6.16. The van der Waals surface area contributed by atoms with Crippen molar-refractivity contribution in [3.05, 3.63) is 70.4 Å². The molecule has 1 aliphatic rings. The van der Waals surface area contributed by atoms with Crippen LogP contribution in [0.25, 0.3) is 0 Å². The van der Waals surface area contributed by atoms with Crippen LogP contribution in [0.4, 0.5) is 11.4 Å². The van der Waals surface area contributed by atoms with Gasteiger partial charge in [0.2, 0.25) is 0 Å². The molecule has 25 heavy (non-hydrogen) atoms. The molecule has 2 aromatic carbocycles. The zero-order chi connectivity index (χ0) is 18.1. The van der Waals surface area contributed by atoms with E-state index in [4.69, 9.17) is 11.6 Å². The molecule has 2 aromatic rings. The van der Waals surface area contributed by atoms with Gasteiger partial charge in [-0.15, -0.1) is 0 Å². The van der Waals surface area contributed by atoms with Crippen LogP contribution in [0.1, 0.15) is 30.9 Å². The summed E-state index contributed by atoms with van der Waals surface area (Å²) in [7, 11) is 0. The number of carbonyl (C=O) groups excluding carboxylic acids is 2. The second kappa shape index (κ2) is 6.73. The van der Waals surface area contributed by atoms with Crippen LogP contribution in [0.5, 0.6) is 0 Å². The first-order chi connectivity index (χ1) is 11.9. The normalized spacial score (nSPS) is 14.7. The Balaban J connectivity index is 1.90. The Hall–Kier alpha value is -2.59. The van der Waals surface area contributed by atoms with Gasteiger partial charge in [0, 0.05) is 5.69 Å². The number of halogens is 1. The molecule has 0 aromatic heterocycles. The van der Waals surface area contributed by atoms with Crippen LogP contribution < -0.4 is 10.2 Å². The van der Waals surface area contributed by atoms with Crippen LogP contribution in [0.15, 0.2) is 59.3 Å². The van der Waals surface area contributed by atoms with Gasteiger partial charge in [-0.25, -0.2) is 4.90 Å². The van der Waals surface area contributed by atoms with Crippen molar-refractivity contribution >= 4 is 34.8 Å². The average Bonchev–Trinajstić information content (AvgIpc) is 2.80. The number of anilines is 2. The van der Waals surface area contributed by atoms with Crippen molar-refractivity contribution in [2.24, 2.45) is 0 Å². The Bertz CT molecular complexity index is 870. The Kier molecular flexibility index (Phi) is 4.64. The molecule has 128 valence electrons. The van der Waals surface area contributed by atoms with Crippen molar-refractivity contribution in [2.75, 3.05) is 10.2 Å². The smallest absolute Gasteiger partial charge is 0.283 e. The highest BCUT2D eigenvalue weighted by molar-refractivity contribution is 6.53. The van der Waals surface area contributed by atoms with Crippen LogP contribution >= 0.6 is 11.6 Å². The number of carbonyl (C=O) groups is 2. The number of hydrogen-bond donors (Lipinski definition) is 1. The predicted molar refractivity (Wildman–Crippen MR) is 101 cm³/mol. The largest absolute Gasteiger partial charge is 0.349 e. The van der Waals surface area contributed by atoms with Crippen LogP contribution in [-0.2, 0) is 9.59 Å². The van der Waals surface area contributed by atoms with Gasteiger partial charge in [0.15, 0.2) is 0 Å². The Morgan fingerprint density at radius 2 is 1.60 bits per heavy atom. The fourth-order valence-corrected chi connectivity index (χ4v) is 2.91.